The first-order valence-corrected chi connectivity index (χ1v) is 8.59. The van der Waals surface area contributed by atoms with Crippen LogP contribution in [0.25, 0.3) is 0 Å². The lowest BCUT2D eigenvalue weighted by molar-refractivity contribution is 0.431. The molecule has 0 aromatic carbocycles. The van der Waals surface area contributed by atoms with E-state index in [9.17, 15) is 8.42 Å². The molecule has 0 heterocycles. The van der Waals surface area contributed by atoms with Gasteiger partial charge in [0.15, 0.2) is 0 Å². The number of rotatable bonds is 8. The molecule has 0 aliphatic rings. The maximum absolute atomic E-state index is 11.3. The van der Waals surface area contributed by atoms with E-state index in [-0.39, 0.29) is 11.3 Å². The Kier molecular flexibility index (Phi) is 7.79. The van der Waals surface area contributed by atoms with Gasteiger partial charge in [0.2, 0.25) is 0 Å². The molecule has 0 spiro atoms. The Balaban J connectivity index is 3.79. The normalized spacial score (nSPS) is 13.9. The van der Waals surface area contributed by atoms with Crippen LogP contribution in [0.5, 0.6) is 0 Å². The average Bonchev–Trinajstić information content (AvgIpc) is 2.23. The van der Waals surface area contributed by atoms with Gasteiger partial charge in [-0.1, -0.05) is 18.6 Å². The van der Waals surface area contributed by atoms with Crippen LogP contribution in [-0.4, -0.2) is 32.0 Å². The van der Waals surface area contributed by atoms with Crippen molar-refractivity contribution in [3.8, 4) is 0 Å². The van der Waals surface area contributed by atoms with Gasteiger partial charge in [-0.25, -0.2) is 8.42 Å². The minimum atomic E-state index is -2.80. The summed E-state index contributed by atoms with van der Waals surface area (Å²) < 4.78 is 22.6. The fourth-order valence-corrected chi connectivity index (χ4v) is 2.46. The number of nitrogens with one attached hydrogen (secondary N) is 1. The zero-order valence-corrected chi connectivity index (χ0v) is 13.4. The zero-order valence-electron chi connectivity index (χ0n) is 12.5. The van der Waals surface area contributed by atoms with Crippen LogP contribution in [0.1, 0.15) is 53.9 Å². The average molecular weight is 275 g/mol. The minimum absolute atomic E-state index is 0.164. The maximum Gasteiger partial charge on any atom is 0.150 e. The summed E-state index contributed by atoms with van der Waals surface area (Å²) in [5.41, 5.74) is 1.45. The molecule has 18 heavy (non-hydrogen) atoms. The first kappa shape index (κ1) is 17.6. The summed E-state index contributed by atoms with van der Waals surface area (Å²) >= 11 is 0. The van der Waals surface area contributed by atoms with Gasteiger partial charge in [-0.3, -0.25) is 0 Å². The topological polar surface area (TPSA) is 46.2 Å². The highest BCUT2D eigenvalue weighted by Gasteiger charge is 2.07. The molecule has 0 atom stereocenters. The van der Waals surface area contributed by atoms with E-state index in [0.717, 1.165) is 25.8 Å². The van der Waals surface area contributed by atoms with Crippen molar-refractivity contribution in [1.29, 1.82) is 0 Å². The molecule has 0 bridgehead atoms. The highest BCUT2D eigenvalue weighted by Crippen LogP contribution is 2.07. The Labute approximate surface area is 113 Å². The smallest absolute Gasteiger partial charge is 0.150 e. The van der Waals surface area contributed by atoms with E-state index in [4.69, 9.17) is 0 Å². The Bertz CT molecular complexity index is 350. The summed E-state index contributed by atoms with van der Waals surface area (Å²) in [6.07, 6.45) is 4.83. The van der Waals surface area contributed by atoms with E-state index in [1.807, 2.05) is 0 Å². The second kappa shape index (κ2) is 7.95. The molecule has 0 rings (SSSR count). The highest BCUT2D eigenvalue weighted by atomic mass is 32.2. The summed E-state index contributed by atoms with van der Waals surface area (Å²) in [5.74, 6) is 0.570. The summed E-state index contributed by atoms with van der Waals surface area (Å²) in [4.78, 5) is 0. The molecular weight excluding hydrogens is 246 g/mol. The second-order valence-corrected chi connectivity index (χ2v) is 8.33. The van der Waals surface area contributed by atoms with Crippen molar-refractivity contribution in [3.05, 3.63) is 11.6 Å². The molecule has 0 fully saturated rings. The Morgan fingerprint density at radius 2 is 1.89 bits per heavy atom. The Hall–Kier alpha value is -0.350. The van der Waals surface area contributed by atoms with Gasteiger partial charge in [-0.2, -0.15) is 0 Å². The van der Waals surface area contributed by atoms with Crippen molar-refractivity contribution in [2.75, 3.05) is 18.1 Å². The fraction of sp³-hybridized carbons (Fsp3) is 0.857. The van der Waals surface area contributed by atoms with Gasteiger partial charge in [0.1, 0.15) is 9.84 Å². The van der Waals surface area contributed by atoms with E-state index >= 15 is 0 Å². The molecule has 0 saturated carbocycles. The molecule has 0 aliphatic carbocycles. The number of hydrogen-bond acceptors (Lipinski definition) is 3. The standard InChI is InChI=1S/C14H29NO2S/c1-6-18(16,17)12-8-10-13(2)9-7-11-15-14(3,4)5/h9,15H,6-8,10-12H2,1-5H3. The van der Waals surface area contributed by atoms with Gasteiger partial charge in [0.05, 0.1) is 5.75 Å². The Morgan fingerprint density at radius 3 is 2.39 bits per heavy atom. The lowest BCUT2D eigenvalue weighted by atomic mass is 10.1. The van der Waals surface area contributed by atoms with Crippen LogP contribution in [0.15, 0.2) is 11.6 Å². The van der Waals surface area contributed by atoms with Gasteiger partial charge < -0.3 is 5.32 Å². The van der Waals surface area contributed by atoms with Gasteiger partial charge in [0, 0.05) is 11.3 Å². The second-order valence-electron chi connectivity index (χ2n) is 5.86. The van der Waals surface area contributed by atoms with Gasteiger partial charge in [-0.15, -0.1) is 0 Å². The predicted molar refractivity (Wildman–Crippen MR) is 79.7 cm³/mol. The third-order valence-corrected chi connectivity index (χ3v) is 4.55. The van der Waals surface area contributed by atoms with Gasteiger partial charge in [-0.05, 0) is 53.5 Å². The van der Waals surface area contributed by atoms with Crippen molar-refractivity contribution in [2.45, 2.75) is 59.4 Å². The van der Waals surface area contributed by atoms with Crippen molar-refractivity contribution in [1.82, 2.24) is 5.32 Å². The van der Waals surface area contributed by atoms with E-state index in [1.54, 1.807) is 6.92 Å². The van der Waals surface area contributed by atoms with Crippen molar-refractivity contribution >= 4 is 9.84 Å². The first-order chi connectivity index (χ1) is 8.16. The lowest BCUT2D eigenvalue weighted by Crippen LogP contribution is -2.36. The van der Waals surface area contributed by atoms with E-state index in [0.29, 0.717) is 5.75 Å². The van der Waals surface area contributed by atoms with Gasteiger partial charge in [0.25, 0.3) is 0 Å². The molecule has 3 nitrogen and oxygen atoms in total. The summed E-state index contributed by atoms with van der Waals surface area (Å²) in [6.45, 7) is 11.2. The van der Waals surface area contributed by atoms with Crippen molar-refractivity contribution < 1.29 is 8.42 Å². The molecule has 108 valence electrons. The molecule has 0 amide bonds. The van der Waals surface area contributed by atoms with E-state index in [2.05, 4.69) is 39.1 Å². The van der Waals surface area contributed by atoms with E-state index < -0.39 is 9.84 Å². The zero-order chi connectivity index (χ0) is 14.2. The molecule has 4 heteroatoms. The van der Waals surface area contributed by atoms with Crippen LogP contribution < -0.4 is 5.32 Å². The maximum atomic E-state index is 11.3. The van der Waals surface area contributed by atoms with Crippen LogP contribution >= 0.6 is 0 Å². The summed E-state index contributed by atoms with van der Waals surface area (Å²) in [7, 11) is -2.80. The van der Waals surface area contributed by atoms with Crippen LogP contribution in [0.4, 0.5) is 0 Å². The molecule has 0 aromatic rings. The minimum Gasteiger partial charge on any atom is -0.312 e. The summed E-state index contributed by atoms with van der Waals surface area (Å²) in [6, 6.07) is 0. The van der Waals surface area contributed by atoms with Crippen molar-refractivity contribution in [3.63, 3.8) is 0 Å². The Morgan fingerprint density at radius 1 is 1.28 bits per heavy atom. The van der Waals surface area contributed by atoms with Crippen LogP contribution in [-0.2, 0) is 9.84 Å². The molecule has 0 radical (unpaired) electrons. The molecule has 1 N–H and O–H groups in total. The SMILES string of the molecule is CCS(=O)(=O)CCCC(C)=CCCNC(C)(C)C. The van der Waals surface area contributed by atoms with Gasteiger partial charge >= 0.3 is 0 Å². The molecule has 0 aromatic heterocycles. The number of hydrogen-bond donors (Lipinski definition) is 1. The van der Waals surface area contributed by atoms with Crippen LogP contribution in [0.2, 0.25) is 0 Å². The monoisotopic (exact) mass is 275 g/mol. The molecule has 0 aliphatic heterocycles. The first-order valence-electron chi connectivity index (χ1n) is 6.77. The third kappa shape index (κ3) is 10.8. The fourth-order valence-electron chi connectivity index (χ4n) is 1.58. The highest BCUT2D eigenvalue weighted by molar-refractivity contribution is 7.91. The largest absolute Gasteiger partial charge is 0.312 e. The number of allylic oxidation sites excluding steroid dienone is 1. The lowest BCUT2D eigenvalue weighted by Gasteiger charge is -2.19. The summed E-state index contributed by atoms with van der Waals surface area (Å²) in [5, 5.41) is 3.43. The van der Waals surface area contributed by atoms with Crippen LogP contribution in [0, 0.1) is 0 Å². The molecule has 0 saturated heterocycles. The third-order valence-electron chi connectivity index (χ3n) is 2.76. The molecular formula is C14H29NO2S. The molecule has 0 unspecified atom stereocenters. The van der Waals surface area contributed by atoms with E-state index in [1.165, 1.54) is 5.57 Å². The van der Waals surface area contributed by atoms with Crippen molar-refractivity contribution in [2.24, 2.45) is 0 Å². The number of sulfone groups is 1. The van der Waals surface area contributed by atoms with Crippen LogP contribution in [0.3, 0.4) is 0 Å². The predicted octanol–water partition coefficient (Wildman–Crippen LogP) is 2.93. The quantitative estimate of drug-likeness (QED) is 0.547.